The number of alkyl halides is 3. The number of hydrogen-bond acceptors (Lipinski definition) is 6. The van der Waals surface area contributed by atoms with E-state index in [0.29, 0.717) is 30.3 Å². The standard InChI is InChI=1S/C19H20F4N4O3/c1-10(2)15(18(28)25-9-19(21,22)23)26-17-12(20)8-24-16(27-17)11-3-4-13-14(7-11)30-6-5-29-13/h3-4,7-8,10,15H,5-6,9H2,1-2H3,(H,25,28)(H,24,26,27)/t15-/m1/s1. The van der Waals surface area contributed by atoms with Gasteiger partial charge in [-0.05, 0) is 24.1 Å². The van der Waals surface area contributed by atoms with Crippen molar-refractivity contribution in [1.82, 2.24) is 15.3 Å². The van der Waals surface area contributed by atoms with E-state index in [9.17, 15) is 22.4 Å². The molecule has 2 heterocycles. The van der Waals surface area contributed by atoms with Gasteiger partial charge in [0.25, 0.3) is 0 Å². The van der Waals surface area contributed by atoms with Gasteiger partial charge in [0, 0.05) is 5.56 Å². The molecule has 1 aliphatic heterocycles. The topological polar surface area (TPSA) is 85.4 Å². The van der Waals surface area contributed by atoms with Gasteiger partial charge in [-0.15, -0.1) is 0 Å². The van der Waals surface area contributed by atoms with Crippen molar-refractivity contribution >= 4 is 11.7 Å². The summed E-state index contributed by atoms with van der Waals surface area (Å²) in [5.74, 6) is -1.29. The van der Waals surface area contributed by atoms with E-state index >= 15 is 0 Å². The summed E-state index contributed by atoms with van der Waals surface area (Å²) >= 11 is 0. The summed E-state index contributed by atoms with van der Waals surface area (Å²) < 4.78 is 62.4. The molecule has 30 heavy (non-hydrogen) atoms. The molecule has 1 amide bonds. The number of rotatable bonds is 6. The van der Waals surface area contributed by atoms with Gasteiger partial charge in [-0.1, -0.05) is 13.8 Å². The molecule has 11 heteroatoms. The lowest BCUT2D eigenvalue weighted by Gasteiger charge is -2.23. The van der Waals surface area contributed by atoms with E-state index in [4.69, 9.17) is 9.47 Å². The maximum absolute atomic E-state index is 14.3. The fourth-order valence-electron chi connectivity index (χ4n) is 2.77. The molecule has 0 saturated heterocycles. The fourth-order valence-corrected chi connectivity index (χ4v) is 2.77. The van der Waals surface area contributed by atoms with Gasteiger partial charge in [-0.25, -0.2) is 14.4 Å². The minimum Gasteiger partial charge on any atom is -0.486 e. The second-order valence-corrected chi connectivity index (χ2v) is 6.95. The highest BCUT2D eigenvalue weighted by atomic mass is 19.4. The molecular formula is C19H20F4N4O3. The molecule has 0 aliphatic carbocycles. The van der Waals surface area contributed by atoms with Gasteiger partial charge in [-0.3, -0.25) is 4.79 Å². The third kappa shape index (κ3) is 5.28. The second kappa shape index (κ2) is 8.72. The van der Waals surface area contributed by atoms with Crippen molar-refractivity contribution in [2.24, 2.45) is 5.92 Å². The molecule has 0 saturated carbocycles. The maximum Gasteiger partial charge on any atom is 0.405 e. The van der Waals surface area contributed by atoms with E-state index < -0.39 is 36.4 Å². The van der Waals surface area contributed by atoms with Crippen LogP contribution in [0.2, 0.25) is 0 Å². The molecule has 1 aromatic carbocycles. The average Bonchev–Trinajstić information content (AvgIpc) is 2.70. The Morgan fingerprint density at radius 3 is 2.57 bits per heavy atom. The van der Waals surface area contributed by atoms with Crippen molar-refractivity contribution in [3.05, 3.63) is 30.2 Å². The third-order valence-corrected chi connectivity index (χ3v) is 4.25. The zero-order valence-electron chi connectivity index (χ0n) is 16.2. The molecule has 1 atom stereocenters. The van der Waals surface area contributed by atoms with Gasteiger partial charge >= 0.3 is 6.18 Å². The first-order valence-corrected chi connectivity index (χ1v) is 9.17. The zero-order valence-corrected chi connectivity index (χ0v) is 16.2. The van der Waals surface area contributed by atoms with Gasteiger partial charge in [0.1, 0.15) is 25.8 Å². The number of anilines is 1. The number of carbonyl (C=O) groups is 1. The van der Waals surface area contributed by atoms with Gasteiger partial charge in [0.05, 0.1) is 6.20 Å². The second-order valence-electron chi connectivity index (χ2n) is 6.95. The third-order valence-electron chi connectivity index (χ3n) is 4.25. The number of benzene rings is 1. The van der Waals surface area contributed by atoms with E-state index in [2.05, 4.69) is 15.3 Å². The smallest absolute Gasteiger partial charge is 0.405 e. The van der Waals surface area contributed by atoms with Crippen LogP contribution in [0.25, 0.3) is 11.4 Å². The minimum atomic E-state index is -4.55. The van der Waals surface area contributed by atoms with Crippen LogP contribution in [0.3, 0.4) is 0 Å². The van der Waals surface area contributed by atoms with E-state index in [1.807, 2.05) is 0 Å². The average molecular weight is 428 g/mol. The summed E-state index contributed by atoms with van der Waals surface area (Å²) in [4.78, 5) is 20.3. The lowest BCUT2D eigenvalue weighted by molar-refractivity contribution is -0.139. The number of nitrogens with one attached hydrogen (secondary N) is 2. The van der Waals surface area contributed by atoms with Gasteiger partial charge in [0.2, 0.25) is 5.91 Å². The predicted molar refractivity (Wildman–Crippen MR) is 99.7 cm³/mol. The summed E-state index contributed by atoms with van der Waals surface area (Å²) in [5.41, 5.74) is 0.518. The van der Waals surface area contributed by atoms with Gasteiger partial charge < -0.3 is 20.1 Å². The Hall–Kier alpha value is -3.11. The van der Waals surface area contributed by atoms with E-state index in [1.54, 1.807) is 37.4 Å². The molecule has 0 unspecified atom stereocenters. The first-order valence-electron chi connectivity index (χ1n) is 9.17. The van der Waals surface area contributed by atoms with E-state index in [0.717, 1.165) is 6.20 Å². The van der Waals surface area contributed by atoms with Gasteiger partial charge in [-0.2, -0.15) is 13.2 Å². The van der Waals surface area contributed by atoms with Crippen LogP contribution < -0.4 is 20.1 Å². The van der Waals surface area contributed by atoms with Crippen LogP contribution in [0, 0.1) is 11.7 Å². The molecule has 1 aliphatic rings. The Morgan fingerprint density at radius 1 is 1.20 bits per heavy atom. The summed E-state index contributed by atoms with van der Waals surface area (Å²) in [6, 6.07) is 3.84. The lowest BCUT2D eigenvalue weighted by Crippen LogP contribution is -2.46. The van der Waals surface area contributed by atoms with Crippen LogP contribution in [0.4, 0.5) is 23.4 Å². The van der Waals surface area contributed by atoms with Crippen molar-refractivity contribution < 1.29 is 31.8 Å². The van der Waals surface area contributed by atoms with Crippen LogP contribution in [0.1, 0.15) is 13.8 Å². The summed E-state index contributed by atoms with van der Waals surface area (Å²) in [6.07, 6.45) is -3.63. The Balaban J connectivity index is 1.82. The monoisotopic (exact) mass is 428 g/mol. The highest BCUT2D eigenvalue weighted by molar-refractivity contribution is 5.84. The van der Waals surface area contributed by atoms with E-state index in [-0.39, 0.29) is 11.6 Å². The van der Waals surface area contributed by atoms with Crippen LogP contribution in [0.5, 0.6) is 11.5 Å². The predicted octanol–water partition coefficient (Wildman–Crippen LogP) is 3.17. The van der Waals surface area contributed by atoms with Crippen molar-refractivity contribution in [3.8, 4) is 22.9 Å². The molecule has 1 aromatic heterocycles. The minimum absolute atomic E-state index is 0.147. The normalized spacial score (nSPS) is 14.4. The van der Waals surface area contributed by atoms with Crippen molar-refractivity contribution in [2.75, 3.05) is 25.1 Å². The first kappa shape index (κ1) is 21.6. The number of ether oxygens (including phenoxy) is 2. The molecule has 3 rings (SSSR count). The fraction of sp³-hybridized carbons (Fsp3) is 0.421. The summed E-state index contributed by atoms with van der Waals surface area (Å²) in [5, 5.41) is 4.40. The molecule has 7 nitrogen and oxygen atoms in total. The molecule has 0 bridgehead atoms. The Labute approximate surface area is 169 Å². The molecule has 0 fully saturated rings. The van der Waals surface area contributed by atoms with Crippen molar-refractivity contribution in [2.45, 2.75) is 26.1 Å². The number of hydrogen-bond donors (Lipinski definition) is 2. The highest BCUT2D eigenvalue weighted by Gasteiger charge is 2.31. The van der Waals surface area contributed by atoms with Crippen LogP contribution in [-0.4, -0.2) is 47.9 Å². The van der Waals surface area contributed by atoms with Crippen LogP contribution in [0.15, 0.2) is 24.4 Å². The lowest BCUT2D eigenvalue weighted by atomic mass is 10.0. The SMILES string of the molecule is CC(C)[C@@H](Nc1nc(-c2ccc3c(c2)OCCO3)ncc1F)C(=O)NCC(F)(F)F. The Bertz CT molecular complexity index is 921. The molecule has 0 radical (unpaired) electrons. The maximum atomic E-state index is 14.3. The van der Waals surface area contributed by atoms with Gasteiger partial charge in [0.15, 0.2) is 29.0 Å². The number of fused-ring (bicyclic) bond motifs is 1. The van der Waals surface area contributed by atoms with Crippen LogP contribution >= 0.6 is 0 Å². The first-order chi connectivity index (χ1) is 14.1. The largest absolute Gasteiger partial charge is 0.486 e. The molecular weight excluding hydrogens is 408 g/mol. The molecule has 0 spiro atoms. The molecule has 2 aromatic rings. The number of nitrogens with zero attached hydrogens (tertiary/aromatic N) is 2. The Kier molecular flexibility index (Phi) is 6.28. The summed E-state index contributed by atoms with van der Waals surface area (Å²) in [6.45, 7) is 2.57. The zero-order chi connectivity index (χ0) is 21.9. The number of aromatic nitrogens is 2. The molecule has 162 valence electrons. The van der Waals surface area contributed by atoms with E-state index in [1.165, 1.54) is 0 Å². The van der Waals surface area contributed by atoms with Crippen molar-refractivity contribution in [1.29, 1.82) is 0 Å². The highest BCUT2D eigenvalue weighted by Crippen LogP contribution is 2.34. The van der Waals surface area contributed by atoms with Crippen LogP contribution in [-0.2, 0) is 4.79 Å². The Morgan fingerprint density at radius 2 is 1.90 bits per heavy atom. The number of amides is 1. The molecule has 2 N–H and O–H groups in total. The number of halogens is 4. The quantitative estimate of drug-likeness (QED) is 0.688. The summed E-state index contributed by atoms with van der Waals surface area (Å²) in [7, 11) is 0. The van der Waals surface area contributed by atoms with Crippen molar-refractivity contribution in [3.63, 3.8) is 0 Å². The number of carbonyl (C=O) groups excluding carboxylic acids is 1.